The number of methoxy groups -OCH3 is 2. The summed E-state index contributed by atoms with van der Waals surface area (Å²) in [4.78, 5) is 12.1. The normalized spacial score (nSPS) is 10.1. The van der Waals surface area contributed by atoms with Crippen molar-refractivity contribution in [3.8, 4) is 17.2 Å². The van der Waals surface area contributed by atoms with Gasteiger partial charge in [-0.25, -0.2) is 0 Å². The van der Waals surface area contributed by atoms with Crippen LogP contribution in [0.2, 0.25) is 0 Å². The van der Waals surface area contributed by atoms with E-state index >= 15 is 0 Å². The van der Waals surface area contributed by atoms with Crippen molar-refractivity contribution in [3.63, 3.8) is 0 Å². The zero-order chi connectivity index (χ0) is 17.4. The van der Waals surface area contributed by atoms with Crippen LogP contribution in [-0.2, 0) is 11.2 Å². The molecule has 0 atom stereocenters. The van der Waals surface area contributed by atoms with Crippen LogP contribution in [0, 0.1) is 0 Å². The van der Waals surface area contributed by atoms with E-state index in [-0.39, 0.29) is 5.91 Å². The van der Waals surface area contributed by atoms with Gasteiger partial charge in [0.05, 0.1) is 20.8 Å². The number of amides is 1. The summed E-state index contributed by atoms with van der Waals surface area (Å²) < 4.78 is 15.9. The topological polar surface area (TPSA) is 56.8 Å². The Hall–Kier alpha value is -2.69. The van der Waals surface area contributed by atoms with Crippen molar-refractivity contribution >= 4 is 11.6 Å². The largest absolute Gasteiger partial charge is 0.497 e. The monoisotopic (exact) mass is 329 g/mol. The molecule has 0 fully saturated rings. The smallest absolute Gasteiger partial charge is 0.224 e. The van der Waals surface area contributed by atoms with Crippen molar-refractivity contribution in [2.24, 2.45) is 0 Å². The van der Waals surface area contributed by atoms with Crippen LogP contribution < -0.4 is 19.5 Å². The van der Waals surface area contributed by atoms with Crippen molar-refractivity contribution in [2.75, 3.05) is 26.1 Å². The third-order valence-electron chi connectivity index (χ3n) is 3.54. The molecule has 0 aliphatic carbocycles. The van der Waals surface area contributed by atoms with Gasteiger partial charge in [0.1, 0.15) is 5.75 Å². The van der Waals surface area contributed by atoms with Crippen LogP contribution in [0.4, 0.5) is 5.69 Å². The first kappa shape index (κ1) is 17.7. The Bertz CT molecular complexity index is 668. The molecule has 0 radical (unpaired) electrons. The lowest BCUT2D eigenvalue weighted by molar-refractivity contribution is -0.116. The molecule has 0 heterocycles. The van der Waals surface area contributed by atoms with Gasteiger partial charge in [-0.15, -0.1) is 0 Å². The fraction of sp³-hybridized carbons (Fsp3) is 0.316. The van der Waals surface area contributed by atoms with E-state index in [1.807, 2.05) is 49.4 Å². The van der Waals surface area contributed by atoms with E-state index in [0.717, 1.165) is 17.0 Å². The maximum Gasteiger partial charge on any atom is 0.224 e. The molecule has 0 saturated heterocycles. The van der Waals surface area contributed by atoms with Gasteiger partial charge in [-0.1, -0.05) is 6.07 Å². The summed E-state index contributed by atoms with van der Waals surface area (Å²) >= 11 is 0. The molecule has 128 valence electrons. The lowest BCUT2D eigenvalue weighted by Crippen LogP contribution is -2.12. The number of hydrogen-bond acceptors (Lipinski definition) is 4. The molecule has 5 heteroatoms. The quantitative estimate of drug-likeness (QED) is 0.803. The number of ether oxygens (including phenoxy) is 3. The third kappa shape index (κ3) is 4.91. The Labute approximate surface area is 142 Å². The molecule has 0 aliphatic rings. The standard InChI is InChI=1S/C19H23NO4/c1-4-24-17-11-5-14(13-18(17)23-3)6-12-19(21)20-15-7-9-16(22-2)10-8-15/h5,7-11,13H,4,6,12H2,1-3H3,(H,20,21). The van der Waals surface area contributed by atoms with E-state index in [9.17, 15) is 4.79 Å². The van der Waals surface area contributed by atoms with Gasteiger partial charge in [0.15, 0.2) is 11.5 Å². The molecule has 5 nitrogen and oxygen atoms in total. The summed E-state index contributed by atoms with van der Waals surface area (Å²) in [5.74, 6) is 2.12. The first-order chi connectivity index (χ1) is 11.7. The SMILES string of the molecule is CCOc1ccc(CCC(=O)Nc2ccc(OC)cc2)cc1OC. The molecule has 2 rings (SSSR count). The minimum absolute atomic E-state index is 0.0342. The molecular weight excluding hydrogens is 306 g/mol. The maximum atomic E-state index is 12.1. The van der Waals surface area contributed by atoms with Gasteiger partial charge in [-0.05, 0) is 55.3 Å². The Morgan fingerprint density at radius 1 is 1.00 bits per heavy atom. The van der Waals surface area contributed by atoms with E-state index in [2.05, 4.69) is 5.32 Å². The maximum absolute atomic E-state index is 12.1. The van der Waals surface area contributed by atoms with E-state index in [4.69, 9.17) is 14.2 Å². The van der Waals surface area contributed by atoms with Crippen molar-refractivity contribution in [2.45, 2.75) is 19.8 Å². The Morgan fingerprint density at radius 2 is 1.75 bits per heavy atom. The van der Waals surface area contributed by atoms with Crippen molar-refractivity contribution in [1.82, 2.24) is 0 Å². The van der Waals surface area contributed by atoms with Crippen LogP contribution in [0.15, 0.2) is 42.5 Å². The van der Waals surface area contributed by atoms with Gasteiger partial charge >= 0.3 is 0 Å². The summed E-state index contributed by atoms with van der Waals surface area (Å²) in [5, 5.41) is 2.87. The van der Waals surface area contributed by atoms with Crippen LogP contribution in [0.5, 0.6) is 17.2 Å². The highest BCUT2D eigenvalue weighted by atomic mass is 16.5. The third-order valence-corrected chi connectivity index (χ3v) is 3.54. The van der Waals surface area contributed by atoms with Crippen LogP contribution in [-0.4, -0.2) is 26.7 Å². The van der Waals surface area contributed by atoms with Crippen LogP contribution in [0.25, 0.3) is 0 Å². The number of aryl methyl sites for hydroxylation is 1. The van der Waals surface area contributed by atoms with E-state index < -0.39 is 0 Å². The zero-order valence-corrected chi connectivity index (χ0v) is 14.3. The molecule has 2 aromatic rings. The lowest BCUT2D eigenvalue weighted by atomic mass is 10.1. The van der Waals surface area contributed by atoms with Gasteiger partial charge < -0.3 is 19.5 Å². The second kappa shape index (κ2) is 8.82. The Balaban J connectivity index is 1.90. The molecule has 0 aliphatic heterocycles. The Morgan fingerprint density at radius 3 is 2.38 bits per heavy atom. The molecule has 24 heavy (non-hydrogen) atoms. The first-order valence-corrected chi connectivity index (χ1v) is 7.90. The number of rotatable bonds is 8. The van der Waals surface area contributed by atoms with Gasteiger partial charge in [0.25, 0.3) is 0 Å². The van der Waals surface area contributed by atoms with Crippen molar-refractivity contribution in [3.05, 3.63) is 48.0 Å². The summed E-state index contributed by atoms with van der Waals surface area (Å²) in [6.07, 6.45) is 1.02. The van der Waals surface area contributed by atoms with Gasteiger partial charge in [0, 0.05) is 12.1 Å². The number of hydrogen-bond donors (Lipinski definition) is 1. The highest BCUT2D eigenvalue weighted by Crippen LogP contribution is 2.28. The molecule has 1 amide bonds. The number of nitrogens with one attached hydrogen (secondary N) is 1. The summed E-state index contributed by atoms with van der Waals surface area (Å²) in [7, 11) is 3.22. The second-order valence-corrected chi connectivity index (χ2v) is 5.19. The Kier molecular flexibility index (Phi) is 6.49. The molecule has 0 bridgehead atoms. The molecule has 0 aromatic heterocycles. The molecular formula is C19H23NO4. The molecule has 0 unspecified atom stereocenters. The summed E-state index contributed by atoms with van der Waals surface area (Å²) in [5.41, 5.74) is 1.78. The summed E-state index contributed by atoms with van der Waals surface area (Å²) in [6.45, 7) is 2.51. The van der Waals surface area contributed by atoms with E-state index in [0.29, 0.717) is 30.9 Å². The van der Waals surface area contributed by atoms with Crippen molar-refractivity contribution in [1.29, 1.82) is 0 Å². The van der Waals surface area contributed by atoms with Gasteiger partial charge in [-0.3, -0.25) is 4.79 Å². The first-order valence-electron chi connectivity index (χ1n) is 7.90. The molecule has 2 aromatic carbocycles. The van der Waals surface area contributed by atoms with Crippen LogP contribution in [0.3, 0.4) is 0 Å². The minimum Gasteiger partial charge on any atom is -0.497 e. The lowest BCUT2D eigenvalue weighted by Gasteiger charge is -2.11. The minimum atomic E-state index is -0.0342. The average Bonchev–Trinajstić information content (AvgIpc) is 2.61. The van der Waals surface area contributed by atoms with E-state index in [1.165, 1.54) is 0 Å². The fourth-order valence-corrected chi connectivity index (χ4v) is 2.30. The predicted octanol–water partition coefficient (Wildman–Crippen LogP) is 3.67. The fourth-order valence-electron chi connectivity index (χ4n) is 2.30. The molecule has 0 saturated carbocycles. The highest BCUT2D eigenvalue weighted by Gasteiger charge is 2.08. The van der Waals surface area contributed by atoms with Crippen molar-refractivity contribution < 1.29 is 19.0 Å². The predicted molar refractivity (Wildman–Crippen MR) is 94.1 cm³/mol. The highest BCUT2D eigenvalue weighted by molar-refractivity contribution is 5.90. The molecule has 0 spiro atoms. The van der Waals surface area contributed by atoms with Gasteiger partial charge in [-0.2, -0.15) is 0 Å². The summed E-state index contributed by atoms with van der Waals surface area (Å²) in [6, 6.07) is 13.0. The number of carbonyl (C=O) groups excluding carboxylic acids is 1. The number of carbonyl (C=O) groups is 1. The van der Waals surface area contributed by atoms with Crippen LogP contribution in [0.1, 0.15) is 18.9 Å². The van der Waals surface area contributed by atoms with E-state index in [1.54, 1.807) is 14.2 Å². The second-order valence-electron chi connectivity index (χ2n) is 5.19. The molecule has 1 N–H and O–H groups in total. The number of benzene rings is 2. The zero-order valence-electron chi connectivity index (χ0n) is 14.3. The van der Waals surface area contributed by atoms with Crippen LogP contribution >= 0.6 is 0 Å². The average molecular weight is 329 g/mol. The van der Waals surface area contributed by atoms with Gasteiger partial charge in [0.2, 0.25) is 5.91 Å². The number of anilines is 1.